The van der Waals surface area contributed by atoms with E-state index in [4.69, 9.17) is 0 Å². The summed E-state index contributed by atoms with van der Waals surface area (Å²) in [5, 5.41) is 0. The topological polar surface area (TPSA) is 0 Å². The van der Waals surface area contributed by atoms with Crippen LogP contribution < -0.4 is 0 Å². The molecule has 0 saturated heterocycles. The van der Waals surface area contributed by atoms with Gasteiger partial charge in [0.15, 0.2) is 0 Å². The van der Waals surface area contributed by atoms with Crippen LogP contribution in [0.2, 0.25) is 0 Å². The van der Waals surface area contributed by atoms with E-state index < -0.39 is 23.4 Å². The van der Waals surface area contributed by atoms with Gasteiger partial charge in [0, 0.05) is 0 Å². The maximum absolute atomic E-state index is 10.7. The first kappa shape index (κ1) is 30.4. The number of rotatable bonds is 0. The molecule has 0 heterocycles. The number of hydrogen-bond acceptors (Lipinski definition) is 0. The molecule has 22 heteroatoms. The molecule has 22 heavy (non-hydrogen) atoms. The van der Waals surface area contributed by atoms with Gasteiger partial charge in [-0.2, -0.15) is 0 Å². The predicted molar refractivity (Wildman–Crippen MR) is 41.8 cm³/mol. The molecular weight excluding hydrogens is 494 g/mol. The molecule has 0 aliphatic carbocycles. The molecular formula is HF18NiP3. The van der Waals surface area contributed by atoms with Gasteiger partial charge < -0.3 is 0 Å². The summed E-state index contributed by atoms with van der Waals surface area (Å²) in [5.74, 6) is 0. The second-order valence-electron chi connectivity index (χ2n) is 2.87. The molecule has 0 saturated carbocycles. The fourth-order valence-electron chi connectivity index (χ4n) is 0. The minimum atomic E-state index is -10.7. The van der Waals surface area contributed by atoms with Crippen molar-refractivity contribution in [3.05, 3.63) is 0 Å². The van der Waals surface area contributed by atoms with Crippen molar-refractivity contribution in [2.75, 3.05) is 0 Å². The standard InChI is InChI=1S/3F6P.Ni/c3*1-7(2,3,4,5)6;/q3*-1;+2/p+1. The third-order valence-corrected chi connectivity index (χ3v) is 0. The molecule has 0 unspecified atom stereocenters. The molecule has 0 aliphatic heterocycles. The van der Waals surface area contributed by atoms with Gasteiger partial charge in [-0.05, 0) is 0 Å². The summed E-state index contributed by atoms with van der Waals surface area (Å²) >= 11 is 0. The van der Waals surface area contributed by atoms with Crippen LogP contribution in [0.3, 0.4) is 0 Å². The van der Waals surface area contributed by atoms with Gasteiger partial charge >= 0.3 is 117 Å². The molecule has 0 bridgehead atoms. The van der Waals surface area contributed by atoms with E-state index in [2.05, 4.69) is 0 Å². The van der Waals surface area contributed by atoms with Crippen molar-refractivity contribution >= 4 is 23.4 Å². The third-order valence-electron chi connectivity index (χ3n) is 0. The summed E-state index contributed by atoms with van der Waals surface area (Å²) in [7, 11) is -32.0. The summed E-state index contributed by atoms with van der Waals surface area (Å²) in [6.07, 6.45) is 0. The minimum absolute atomic E-state index is 0. The van der Waals surface area contributed by atoms with Crippen molar-refractivity contribution in [3.8, 4) is 0 Å². The smallest absolute Gasteiger partial charge is 1.00 e. The Morgan fingerprint density at radius 2 is 0.273 bits per heavy atom. The molecule has 0 fully saturated rings. The van der Waals surface area contributed by atoms with E-state index in [1.54, 1.807) is 0 Å². The quantitative estimate of drug-likeness (QED) is 0.178. The Morgan fingerprint density at radius 3 is 0.273 bits per heavy atom. The Balaban J connectivity index is -0.0000000675. The van der Waals surface area contributed by atoms with Crippen LogP contribution in [-0.4, -0.2) is 0 Å². The van der Waals surface area contributed by atoms with Gasteiger partial charge in [-0.1, -0.05) is 0 Å². The summed E-state index contributed by atoms with van der Waals surface area (Å²) in [5.41, 5.74) is 0. The fourth-order valence-corrected chi connectivity index (χ4v) is 0. The number of halogens is 18. The molecule has 0 spiro atoms. The summed E-state index contributed by atoms with van der Waals surface area (Å²) in [6.45, 7) is 0. The average Bonchev–Trinajstić information content (AvgIpc) is 1.19. The van der Waals surface area contributed by atoms with Gasteiger partial charge in [-0.3, -0.25) is 0 Å². The van der Waals surface area contributed by atoms with E-state index in [1.165, 1.54) is 0 Å². The summed E-state index contributed by atoms with van der Waals surface area (Å²) in [4.78, 5) is 0. The van der Waals surface area contributed by atoms with Crippen LogP contribution in [0, 0.1) is 0 Å². The second-order valence-corrected chi connectivity index (χ2v) is 8.62. The van der Waals surface area contributed by atoms with E-state index in [1.807, 2.05) is 0 Å². The van der Waals surface area contributed by atoms with Gasteiger partial charge in [0.25, 0.3) is 0 Å². The Labute approximate surface area is 118 Å². The third kappa shape index (κ3) is 28500. The first-order valence-electron chi connectivity index (χ1n) is 3.04. The molecule has 0 amide bonds. The zero-order chi connectivity index (χ0) is 19.2. The molecule has 0 atom stereocenters. The van der Waals surface area contributed by atoms with Crippen LogP contribution in [-0.2, 0) is 16.5 Å². The number of hydrogen-bond donors (Lipinski definition) is 0. The van der Waals surface area contributed by atoms with Gasteiger partial charge in [0.05, 0.1) is 0 Å². The van der Waals surface area contributed by atoms with Crippen molar-refractivity contribution in [3.63, 3.8) is 0 Å². The Kier molecular flexibility index (Phi) is 6.05. The molecule has 0 aliphatic rings. The minimum Gasteiger partial charge on any atom is 1.00 e. The molecule has 0 rings (SSSR count). The van der Waals surface area contributed by atoms with Gasteiger partial charge in [0.1, 0.15) is 0 Å². The van der Waals surface area contributed by atoms with Crippen molar-refractivity contribution in [1.29, 1.82) is 0 Å². The van der Waals surface area contributed by atoms with Crippen LogP contribution in [0.15, 0.2) is 0 Å². The van der Waals surface area contributed by atoms with E-state index in [-0.39, 0.29) is 17.9 Å². The van der Waals surface area contributed by atoms with E-state index >= 15 is 0 Å². The van der Waals surface area contributed by atoms with Crippen LogP contribution in [0.5, 0.6) is 0 Å². The fraction of sp³-hybridized carbons (Fsp3) is 0. The van der Waals surface area contributed by atoms with Gasteiger partial charge in [0.2, 0.25) is 0 Å². The zero-order valence-electron chi connectivity index (χ0n) is 9.46. The first-order valence-corrected chi connectivity index (χ1v) is 9.13. The van der Waals surface area contributed by atoms with Crippen molar-refractivity contribution in [2.45, 2.75) is 0 Å². The molecule has 0 aromatic carbocycles. The summed E-state index contributed by atoms with van der Waals surface area (Å²) in [6, 6.07) is 0. The molecule has 0 nitrogen and oxygen atoms in total. The molecule has 0 N–H and O–H groups in total. The van der Waals surface area contributed by atoms with E-state index in [9.17, 15) is 75.5 Å². The SMILES string of the molecule is F[P-](F)(F)(F)(F)F.F[P-](F)(F)(F)(F)F.F[P-](F)(F)(F)(F)F.[H+].[Ni+2]. The van der Waals surface area contributed by atoms with E-state index in [0.717, 1.165) is 0 Å². The molecule has 152 valence electrons. The van der Waals surface area contributed by atoms with Crippen LogP contribution in [0.25, 0.3) is 0 Å². The Bertz CT molecular complexity index is 271. The molecule has 0 aromatic rings. The van der Waals surface area contributed by atoms with Gasteiger partial charge in [-0.15, -0.1) is 0 Å². The summed E-state index contributed by atoms with van der Waals surface area (Å²) < 4.78 is 178. The Morgan fingerprint density at radius 1 is 0.273 bits per heavy atom. The average molecular weight is 495 g/mol. The second kappa shape index (κ2) is 4.37. The maximum atomic E-state index is 9.87. The zero-order valence-corrected chi connectivity index (χ0v) is 12.1. The van der Waals surface area contributed by atoms with Gasteiger partial charge in [-0.25, -0.2) is 0 Å². The molecule has 0 aromatic heterocycles. The van der Waals surface area contributed by atoms with Crippen molar-refractivity contribution in [2.24, 2.45) is 0 Å². The normalized spacial score (nSPS) is 22.1. The monoisotopic (exact) mass is 494 g/mol. The van der Waals surface area contributed by atoms with Crippen molar-refractivity contribution < 1.29 is 93.5 Å². The largest absolute Gasteiger partial charge is 2.00 e. The van der Waals surface area contributed by atoms with E-state index in [0.29, 0.717) is 0 Å². The Hall–Kier alpha value is 0.524. The predicted octanol–water partition coefficient (Wildman–Crippen LogP) is 10.3. The van der Waals surface area contributed by atoms with Crippen LogP contribution in [0.1, 0.15) is 1.43 Å². The van der Waals surface area contributed by atoms with Crippen molar-refractivity contribution in [1.82, 2.24) is 0 Å². The van der Waals surface area contributed by atoms with Crippen LogP contribution in [0.4, 0.5) is 75.5 Å². The first-order chi connectivity index (χ1) is 7.35. The maximum Gasteiger partial charge on any atom is 2.00 e. The molecule has 0 radical (unpaired) electrons. The van der Waals surface area contributed by atoms with Crippen LogP contribution >= 0.6 is 23.4 Å².